The molecule has 3 atom stereocenters. The number of halogens is 3. The van der Waals surface area contributed by atoms with Crippen molar-refractivity contribution >= 4 is 16.9 Å². The molecule has 1 aliphatic rings. The third-order valence-corrected chi connectivity index (χ3v) is 3.64. The molecule has 120 valence electrons. The average Bonchev–Trinajstić information content (AvgIpc) is 2.99. The van der Waals surface area contributed by atoms with Crippen LogP contribution in [0.3, 0.4) is 0 Å². The van der Waals surface area contributed by atoms with E-state index >= 15 is 0 Å². The Hall–Kier alpha value is -1.91. The molecule has 0 aliphatic carbocycles. The molecule has 10 heteroatoms. The summed E-state index contributed by atoms with van der Waals surface area (Å²) in [6.07, 6.45) is -5.39. The van der Waals surface area contributed by atoms with E-state index in [0.29, 0.717) is 0 Å². The third kappa shape index (κ3) is 2.28. The van der Waals surface area contributed by atoms with Crippen molar-refractivity contribution in [2.75, 3.05) is 12.3 Å². The summed E-state index contributed by atoms with van der Waals surface area (Å²) >= 11 is 0. The van der Waals surface area contributed by atoms with Gasteiger partial charge in [0.25, 0.3) is 0 Å². The van der Waals surface area contributed by atoms with Crippen LogP contribution >= 0.6 is 0 Å². The standard InChI is InChI=1S/C12H13F3N4O3/c13-12(14,15)5-2-19(8-1-6(21)7(3-20)22-8)11-9(5)10(16)17-4-18-11/h2,4,6-8,20-21H,1,3H2,(H2,16,17,18)/t6-,7+,8+/m0/s1. The smallest absolute Gasteiger partial charge is 0.394 e. The van der Waals surface area contributed by atoms with Gasteiger partial charge in [-0.2, -0.15) is 13.2 Å². The Morgan fingerprint density at radius 1 is 1.41 bits per heavy atom. The largest absolute Gasteiger partial charge is 0.418 e. The van der Waals surface area contributed by atoms with E-state index < -0.39 is 36.8 Å². The highest BCUT2D eigenvalue weighted by molar-refractivity contribution is 5.90. The van der Waals surface area contributed by atoms with Crippen LogP contribution in [0.15, 0.2) is 12.5 Å². The number of anilines is 1. The molecule has 0 unspecified atom stereocenters. The van der Waals surface area contributed by atoms with Crippen LogP contribution in [0.2, 0.25) is 0 Å². The number of aromatic nitrogens is 3. The fourth-order valence-corrected chi connectivity index (χ4v) is 2.59. The molecule has 0 radical (unpaired) electrons. The Morgan fingerprint density at radius 3 is 2.73 bits per heavy atom. The Morgan fingerprint density at radius 2 is 2.14 bits per heavy atom. The van der Waals surface area contributed by atoms with Crippen LogP contribution in [-0.2, 0) is 10.9 Å². The number of fused-ring (bicyclic) bond motifs is 1. The number of hydrogen-bond acceptors (Lipinski definition) is 6. The van der Waals surface area contributed by atoms with Crippen molar-refractivity contribution in [1.29, 1.82) is 0 Å². The van der Waals surface area contributed by atoms with E-state index in [1.54, 1.807) is 0 Å². The first-order valence-electron chi connectivity index (χ1n) is 6.45. The minimum Gasteiger partial charge on any atom is -0.394 e. The van der Waals surface area contributed by atoms with Crippen LogP contribution in [-0.4, -0.2) is 43.6 Å². The van der Waals surface area contributed by atoms with Crippen LogP contribution in [0, 0.1) is 0 Å². The number of nitrogen functional groups attached to an aromatic ring is 1. The van der Waals surface area contributed by atoms with Crippen molar-refractivity contribution in [3.63, 3.8) is 0 Å². The van der Waals surface area contributed by atoms with Crippen molar-refractivity contribution in [3.05, 3.63) is 18.1 Å². The molecule has 3 rings (SSSR count). The summed E-state index contributed by atoms with van der Waals surface area (Å²) < 4.78 is 46.0. The van der Waals surface area contributed by atoms with Gasteiger partial charge in [0.15, 0.2) is 0 Å². The number of aliphatic hydroxyl groups is 2. The third-order valence-electron chi connectivity index (χ3n) is 3.64. The van der Waals surface area contributed by atoms with Gasteiger partial charge in [-0.3, -0.25) is 0 Å². The van der Waals surface area contributed by atoms with Crippen LogP contribution in [0.1, 0.15) is 18.2 Å². The van der Waals surface area contributed by atoms with Gasteiger partial charge in [-0.15, -0.1) is 0 Å². The predicted octanol–water partition coefficient (Wildman–Crippen LogP) is 0.673. The molecule has 1 fully saturated rings. The van der Waals surface area contributed by atoms with Crippen molar-refractivity contribution in [3.8, 4) is 0 Å². The number of nitrogens with two attached hydrogens (primary N) is 1. The molecule has 0 aromatic carbocycles. The molecular formula is C12H13F3N4O3. The minimum atomic E-state index is -4.63. The monoisotopic (exact) mass is 318 g/mol. The van der Waals surface area contributed by atoms with Crippen LogP contribution in [0.25, 0.3) is 11.0 Å². The number of alkyl halides is 3. The minimum absolute atomic E-state index is 0.0318. The van der Waals surface area contributed by atoms with E-state index in [2.05, 4.69) is 9.97 Å². The molecule has 0 amide bonds. The Balaban J connectivity index is 2.14. The molecule has 22 heavy (non-hydrogen) atoms. The van der Waals surface area contributed by atoms with Gasteiger partial charge in [0.1, 0.15) is 30.1 Å². The second-order valence-electron chi connectivity index (χ2n) is 5.02. The molecule has 1 saturated heterocycles. The normalized spacial score (nSPS) is 26.0. The number of aliphatic hydroxyl groups excluding tert-OH is 2. The lowest BCUT2D eigenvalue weighted by atomic mass is 10.2. The zero-order valence-corrected chi connectivity index (χ0v) is 11.2. The van der Waals surface area contributed by atoms with Gasteiger partial charge in [-0.1, -0.05) is 0 Å². The molecule has 3 heterocycles. The van der Waals surface area contributed by atoms with E-state index in [4.69, 9.17) is 15.6 Å². The molecule has 7 nitrogen and oxygen atoms in total. The van der Waals surface area contributed by atoms with Crippen LogP contribution in [0.4, 0.5) is 19.0 Å². The molecule has 1 aliphatic heterocycles. The first kappa shape index (κ1) is 15.0. The molecule has 0 bridgehead atoms. The van der Waals surface area contributed by atoms with Crippen LogP contribution in [0.5, 0.6) is 0 Å². The molecule has 2 aromatic rings. The Labute approximate surface area is 122 Å². The fraction of sp³-hybridized carbons (Fsp3) is 0.500. The first-order chi connectivity index (χ1) is 10.3. The first-order valence-corrected chi connectivity index (χ1v) is 6.45. The van der Waals surface area contributed by atoms with Gasteiger partial charge in [0.2, 0.25) is 0 Å². The summed E-state index contributed by atoms with van der Waals surface area (Å²) in [5, 5.41) is 18.5. The van der Waals surface area contributed by atoms with E-state index in [0.717, 1.165) is 17.1 Å². The Bertz CT molecular complexity index is 703. The summed E-state index contributed by atoms with van der Waals surface area (Å²) in [6.45, 7) is -0.430. The van der Waals surface area contributed by atoms with E-state index in [-0.39, 0.29) is 23.3 Å². The van der Waals surface area contributed by atoms with Crippen molar-refractivity contribution in [2.45, 2.75) is 31.0 Å². The zero-order valence-electron chi connectivity index (χ0n) is 11.2. The lowest BCUT2D eigenvalue weighted by molar-refractivity contribution is -0.136. The van der Waals surface area contributed by atoms with Crippen molar-refractivity contribution in [1.82, 2.24) is 14.5 Å². The second kappa shape index (κ2) is 5.07. The summed E-state index contributed by atoms with van der Waals surface area (Å²) in [5.74, 6) is -0.284. The molecule has 0 saturated carbocycles. The lowest BCUT2D eigenvalue weighted by Gasteiger charge is -2.14. The number of rotatable bonds is 2. The highest BCUT2D eigenvalue weighted by atomic mass is 19.4. The summed E-state index contributed by atoms with van der Waals surface area (Å²) in [4.78, 5) is 7.44. The van der Waals surface area contributed by atoms with Crippen molar-refractivity contribution < 1.29 is 28.1 Å². The van der Waals surface area contributed by atoms with Gasteiger partial charge in [-0.05, 0) is 0 Å². The van der Waals surface area contributed by atoms with E-state index in [9.17, 15) is 18.3 Å². The highest BCUT2D eigenvalue weighted by Gasteiger charge is 2.40. The summed E-state index contributed by atoms with van der Waals surface area (Å²) in [6, 6.07) is 0. The van der Waals surface area contributed by atoms with Gasteiger partial charge in [0.05, 0.1) is 23.7 Å². The van der Waals surface area contributed by atoms with Crippen LogP contribution < -0.4 is 5.73 Å². The molecular weight excluding hydrogens is 305 g/mol. The molecule has 0 spiro atoms. The topological polar surface area (TPSA) is 106 Å². The fourth-order valence-electron chi connectivity index (χ4n) is 2.59. The second-order valence-corrected chi connectivity index (χ2v) is 5.02. The maximum Gasteiger partial charge on any atom is 0.418 e. The lowest BCUT2D eigenvalue weighted by Crippen LogP contribution is -2.24. The number of nitrogens with zero attached hydrogens (tertiary/aromatic N) is 3. The molecule has 4 N–H and O–H groups in total. The predicted molar refractivity (Wildman–Crippen MR) is 68.6 cm³/mol. The van der Waals surface area contributed by atoms with Gasteiger partial charge in [-0.25, -0.2) is 9.97 Å². The van der Waals surface area contributed by atoms with Gasteiger partial charge in [0, 0.05) is 12.6 Å². The molecule has 2 aromatic heterocycles. The van der Waals surface area contributed by atoms with Gasteiger partial charge >= 0.3 is 6.18 Å². The maximum atomic E-state index is 13.2. The quantitative estimate of drug-likeness (QED) is 0.751. The average molecular weight is 318 g/mol. The number of ether oxygens (including phenoxy) is 1. The summed E-state index contributed by atoms with van der Waals surface area (Å²) in [7, 11) is 0. The maximum absolute atomic E-state index is 13.2. The highest BCUT2D eigenvalue weighted by Crippen LogP contribution is 2.40. The Kier molecular flexibility index (Phi) is 3.46. The van der Waals surface area contributed by atoms with Gasteiger partial charge < -0.3 is 25.3 Å². The van der Waals surface area contributed by atoms with Crippen molar-refractivity contribution in [2.24, 2.45) is 0 Å². The number of hydrogen-bond donors (Lipinski definition) is 3. The van der Waals surface area contributed by atoms with E-state index in [1.165, 1.54) is 0 Å². The summed E-state index contributed by atoms with van der Waals surface area (Å²) in [5.41, 5.74) is 4.55. The zero-order chi connectivity index (χ0) is 16.1. The van der Waals surface area contributed by atoms with E-state index in [1.807, 2.05) is 0 Å². The SMILES string of the molecule is Nc1ncnc2c1c(C(F)(F)F)cn2[C@H]1C[C@H](O)[C@@H](CO)O1.